The summed E-state index contributed by atoms with van der Waals surface area (Å²) in [6, 6.07) is 8.78. The molecule has 0 aliphatic rings. The maximum absolute atomic E-state index is 3.66. The van der Waals surface area contributed by atoms with Gasteiger partial charge < -0.3 is 5.32 Å². The third-order valence-electron chi connectivity index (χ3n) is 3.53. The maximum atomic E-state index is 3.66. The van der Waals surface area contributed by atoms with Gasteiger partial charge in [0.05, 0.1) is 0 Å². The topological polar surface area (TPSA) is 12.0 Å². The molecule has 1 nitrogen and oxygen atoms in total. The van der Waals surface area contributed by atoms with Gasteiger partial charge in [-0.1, -0.05) is 54.8 Å². The van der Waals surface area contributed by atoms with E-state index in [1.165, 1.54) is 29.3 Å². The highest BCUT2D eigenvalue weighted by Crippen LogP contribution is 2.25. The minimum absolute atomic E-state index is 0.183. The monoisotopic (exact) mass is 339 g/mol. The highest BCUT2D eigenvalue weighted by molar-refractivity contribution is 9.10. The van der Waals surface area contributed by atoms with Gasteiger partial charge in [-0.05, 0) is 56.7 Å². The molecule has 1 unspecified atom stereocenters. The average Bonchev–Trinajstić information content (AvgIpc) is 2.31. The van der Waals surface area contributed by atoms with Gasteiger partial charge in [0.2, 0.25) is 0 Å². The smallest absolute Gasteiger partial charge is 0.0178 e. The number of rotatable bonds is 7. The zero-order valence-electron chi connectivity index (χ0n) is 13.7. The Kier molecular flexibility index (Phi) is 7.25. The lowest BCUT2D eigenvalue weighted by atomic mass is 9.91. The van der Waals surface area contributed by atoms with Crippen molar-refractivity contribution in [3.8, 4) is 0 Å². The van der Waals surface area contributed by atoms with Crippen molar-refractivity contribution in [1.82, 2.24) is 5.32 Å². The van der Waals surface area contributed by atoms with E-state index in [4.69, 9.17) is 0 Å². The molecule has 20 heavy (non-hydrogen) atoms. The molecule has 0 amide bonds. The Morgan fingerprint density at radius 2 is 1.85 bits per heavy atom. The van der Waals surface area contributed by atoms with Gasteiger partial charge in [-0.15, -0.1) is 0 Å². The second-order valence-corrected chi connectivity index (χ2v) is 8.12. The predicted octanol–water partition coefficient (Wildman–Crippen LogP) is 5.75. The molecule has 0 radical (unpaired) electrons. The van der Waals surface area contributed by atoms with Crippen LogP contribution < -0.4 is 5.32 Å². The number of nitrogens with one attached hydrogen (secondary N) is 1. The second kappa shape index (κ2) is 8.19. The summed E-state index contributed by atoms with van der Waals surface area (Å²) >= 11 is 3.59. The van der Waals surface area contributed by atoms with Gasteiger partial charge in [0.15, 0.2) is 0 Å². The quantitative estimate of drug-likeness (QED) is 0.667. The van der Waals surface area contributed by atoms with E-state index in [0.29, 0.717) is 5.92 Å². The van der Waals surface area contributed by atoms with E-state index in [-0.39, 0.29) is 5.54 Å². The molecule has 1 aromatic carbocycles. The van der Waals surface area contributed by atoms with Gasteiger partial charge in [-0.2, -0.15) is 0 Å². The van der Waals surface area contributed by atoms with Crippen LogP contribution in [-0.2, 0) is 0 Å². The summed E-state index contributed by atoms with van der Waals surface area (Å²) in [6.45, 7) is 12.4. The summed E-state index contributed by atoms with van der Waals surface area (Å²) in [5.74, 6) is 1.40. The van der Waals surface area contributed by atoms with Crippen molar-refractivity contribution in [2.24, 2.45) is 5.92 Å². The van der Waals surface area contributed by atoms with Crippen molar-refractivity contribution < 1.29 is 0 Å². The summed E-state index contributed by atoms with van der Waals surface area (Å²) < 4.78 is 1.18. The van der Waals surface area contributed by atoms with Gasteiger partial charge in [-0.25, -0.2) is 0 Å². The molecular weight excluding hydrogens is 310 g/mol. The Morgan fingerprint density at radius 1 is 1.15 bits per heavy atom. The van der Waals surface area contributed by atoms with Gasteiger partial charge in [0, 0.05) is 16.6 Å². The summed E-state index contributed by atoms with van der Waals surface area (Å²) in [6.07, 6.45) is 3.89. The lowest BCUT2D eigenvalue weighted by molar-refractivity contribution is 0.390. The van der Waals surface area contributed by atoms with Crippen molar-refractivity contribution in [3.63, 3.8) is 0 Å². The molecule has 0 saturated carbocycles. The van der Waals surface area contributed by atoms with Gasteiger partial charge in [0.1, 0.15) is 0 Å². The first-order chi connectivity index (χ1) is 9.28. The van der Waals surface area contributed by atoms with Crippen LogP contribution in [0.5, 0.6) is 0 Å². The Balaban J connectivity index is 2.68. The van der Waals surface area contributed by atoms with Crippen LogP contribution in [-0.4, -0.2) is 12.1 Å². The van der Waals surface area contributed by atoms with E-state index in [0.717, 1.165) is 12.5 Å². The highest BCUT2D eigenvalue weighted by Gasteiger charge is 2.16. The largest absolute Gasteiger partial charge is 0.311 e. The van der Waals surface area contributed by atoms with Crippen LogP contribution in [0.25, 0.3) is 0 Å². The minimum Gasteiger partial charge on any atom is -0.311 e. The van der Waals surface area contributed by atoms with Crippen LogP contribution in [0.4, 0.5) is 0 Å². The third kappa shape index (κ3) is 7.44. The zero-order chi connectivity index (χ0) is 15.2. The number of hydrogen-bond donors (Lipinski definition) is 1. The van der Waals surface area contributed by atoms with Crippen LogP contribution in [0.2, 0.25) is 0 Å². The first kappa shape index (κ1) is 17.7. The lowest BCUT2D eigenvalue weighted by Crippen LogP contribution is -2.38. The van der Waals surface area contributed by atoms with E-state index >= 15 is 0 Å². The van der Waals surface area contributed by atoms with Crippen LogP contribution in [0.3, 0.4) is 0 Å². The lowest BCUT2D eigenvalue weighted by Gasteiger charge is -2.26. The Labute approximate surface area is 133 Å². The molecule has 0 saturated heterocycles. The van der Waals surface area contributed by atoms with Crippen LogP contribution in [0.15, 0.2) is 28.7 Å². The summed E-state index contributed by atoms with van der Waals surface area (Å²) in [5.41, 5.74) is 1.63. The van der Waals surface area contributed by atoms with Gasteiger partial charge >= 0.3 is 0 Å². The average molecular weight is 340 g/mol. The Hall–Kier alpha value is -0.340. The summed E-state index contributed by atoms with van der Waals surface area (Å²) in [7, 11) is 0. The first-order valence-electron chi connectivity index (χ1n) is 7.78. The molecule has 1 atom stereocenters. The fraction of sp³-hybridized carbons (Fsp3) is 0.667. The van der Waals surface area contributed by atoms with E-state index in [1.54, 1.807) is 0 Å². The number of benzene rings is 1. The van der Waals surface area contributed by atoms with Crippen LogP contribution in [0.1, 0.15) is 65.4 Å². The molecule has 1 N–H and O–H groups in total. The zero-order valence-corrected chi connectivity index (χ0v) is 15.3. The number of halogens is 1. The second-order valence-electron chi connectivity index (χ2n) is 7.21. The van der Waals surface area contributed by atoms with Crippen LogP contribution >= 0.6 is 15.9 Å². The van der Waals surface area contributed by atoms with E-state index in [2.05, 4.69) is 80.1 Å². The Bertz CT molecular complexity index is 393. The molecular formula is C18H30BrN. The number of hydrogen-bond acceptors (Lipinski definition) is 1. The van der Waals surface area contributed by atoms with Gasteiger partial charge in [0.25, 0.3) is 0 Å². The van der Waals surface area contributed by atoms with Crippen molar-refractivity contribution in [1.29, 1.82) is 0 Å². The normalized spacial score (nSPS) is 13.8. The fourth-order valence-electron chi connectivity index (χ4n) is 2.35. The van der Waals surface area contributed by atoms with Crippen molar-refractivity contribution in [2.75, 3.05) is 6.54 Å². The van der Waals surface area contributed by atoms with E-state index in [9.17, 15) is 0 Å². The molecule has 0 aliphatic heterocycles. The SMILES string of the molecule is CC(C)CCCC(CNC(C)(C)C)c1cccc(Br)c1. The van der Waals surface area contributed by atoms with Crippen molar-refractivity contribution in [3.05, 3.63) is 34.3 Å². The Morgan fingerprint density at radius 3 is 2.40 bits per heavy atom. The molecule has 0 fully saturated rings. The molecule has 2 heteroatoms. The third-order valence-corrected chi connectivity index (χ3v) is 4.03. The molecule has 0 aromatic heterocycles. The van der Waals surface area contributed by atoms with Crippen molar-refractivity contribution >= 4 is 15.9 Å². The standard InChI is InChI=1S/C18H30BrN/c1-14(2)8-6-10-16(13-20-18(3,4)5)15-9-7-11-17(19)12-15/h7,9,11-12,14,16,20H,6,8,10,13H2,1-5H3. The van der Waals surface area contributed by atoms with E-state index in [1.807, 2.05) is 0 Å². The van der Waals surface area contributed by atoms with E-state index < -0.39 is 0 Å². The molecule has 0 heterocycles. The molecule has 1 rings (SSSR count). The molecule has 1 aromatic rings. The first-order valence-corrected chi connectivity index (χ1v) is 8.58. The summed E-state index contributed by atoms with van der Waals surface area (Å²) in [5, 5.41) is 3.66. The molecule has 0 aliphatic carbocycles. The van der Waals surface area contributed by atoms with Gasteiger partial charge in [-0.3, -0.25) is 0 Å². The van der Waals surface area contributed by atoms with Crippen molar-refractivity contribution in [2.45, 2.75) is 65.3 Å². The van der Waals surface area contributed by atoms with Crippen LogP contribution in [0, 0.1) is 5.92 Å². The molecule has 0 bridgehead atoms. The molecule has 0 spiro atoms. The predicted molar refractivity (Wildman–Crippen MR) is 93.3 cm³/mol. The molecule has 114 valence electrons. The highest BCUT2D eigenvalue weighted by atomic mass is 79.9. The summed E-state index contributed by atoms with van der Waals surface area (Å²) in [4.78, 5) is 0. The fourth-order valence-corrected chi connectivity index (χ4v) is 2.77. The minimum atomic E-state index is 0.183. The maximum Gasteiger partial charge on any atom is 0.0178 e.